The summed E-state index contributed by atoms with van der Waals surface area (Å²) in [7, 11) is 0. The van der Waals surface area contributed by atoms with Gasteiger partial charge in [0.25, 0.3) is 0 Å². The monoisotopic (exact) mass is 502 g/mol. The van der Waals surface area contributed by atoms with E-state index in [4.69, 9.17) is 9.98 Å². The molecule has 2 aliphatic heterocycles. The lowest BCUT2D eigenvalue weighted by Gasteiger charge is -2.12. The van der Waals surface area contributed by atoms with Crippen LogP contribution in [0.3, 0.4) is 0 Å². The van der Waals surface area contributed by atoms with Crippen LogP contribution in [0.5, 0.6) is 0 Å². The summed E-state index contributed by atoms with van der Waals surface area (Å²) < 4.78 is 0. The minimum Gasteiger partial charge on any atom is -0.369 e. The number of nitrogens with zero attached hydrogens (tertiary/aromatic N) is 2. The van der Waals surface area contributed by atoms with Crippen molar-refractivity contribution in [1.29, 1.82) is 0 Å². The SMILES string of the molecule is CCCCCCCCCCCC1CN=C(CCCCC2=NCC(CCCCCCCCCCC)N2)N1. The Bertz CT molecular complexity index is 521. The zero-order chi connectivity index (χ0) is 25.5. The highest BCUT2D eigenvalue weighted by Gasteiger charge is 2.18. The molecule has 2 heterocycles. The third-order valence-electron chi connectivity index (χ3n) is 8.14. The summed E-state index contributed by atoms with van der Waals surface area (Å²) in [5.74, 6) is 2.53. The highest BCUT2D eigenvalue weighted by Crippen LogP contribution is 2.16. The molecule has 2 aliphatic rings. The molecule has 0 fully saturated rings. The van der Waals surface area contributed by atoms with Gasteiger partial charge in [0.15, 0.2) is 0 Å². The molecule has 0 aromatic heterocycles. The van der Waals surface area contributed by atoms with E-state index < -0.39 is 0 Å². The lowest BCUT2D eigenvalue weighted by molar-refractivity contribution is 0.517. The topological polar surface area (TPSA) is 48.8 Å². The van der Waals surface area contributed by atoms with Crippen molar-refractivity contribution < 1.29 is 0 Å². The second-order valence-electron chi connectivity index (χ2n) is 11.7. The van der Waals surface area contributed by atoms with Gasteiger partial charge in [0.1, 0.15) is 0 Å². The summed E-state index contributed by atoms with van der Waals surface area (Å²) in [6.07, 6.45) is 32.7. The van der Waals surface area contributed by atoms with Gasteiger partial charge in [-0.3, -0.25) is 9.98 Å². The summed E-state index contributed by atoms with van der Waals surface area (Å²) in [6, 6.07) is 1.21. The van der Waals surface area contributed by atoms with Crippen molar-refractivity contribution in [1.82, 2.24) is 10.6 Å². The quantitative estimate of drug-likeness (QED) is 0.122. The Morgan fingerprint density at radius 3 is 1.17 bits per heavy atom. The van der Waals surface area contributed by atoms with Crippen LogP contribution < -0.4 is 10.6 Å². The molecular formula is C32H62N4. The predicted octanol–water partition coefficient (Wildman–Crippen LogP) is 9.13. The fourth-order valence-corrected chi connectivity index (χ4v) is 5.71. The molecule has 0 aliphatic carbocycles. The average Bonchev–Trinajstić information content (AvgIpc) is 3.54. The summed E-state index contributed by atoms with van der Waals surface area (Å²) in [5.41, 5.74) is 0. The van der Waals surface area contributed by atoms with E-state index in [2.05, 4.69) is 24.5 Å². The van der Waals surface area contributed by atoms with Crippen LogP contribution >= 0.6 is 0 Å². The average molecular weight is 503 g/mol. The molecule has 0 saturated heterocycles. The number of unbranched alkanes of at least 4 members (excludes halogenated alkanes) is 17. The van der Waals surface area contributed by atoms with E-state index in [9.17, 15) is 0 Å². The third kappa shape index (κ3) is 15.9. The second-order valence-corrected chi connectivity index (χ2v) is 11.7. The van der Waals surface area contributed by atoms with E-state index >= 15 is 0 Å². The Morgan fingerprint density at radius 1 is 0.472 bits per heavy atom. The van der Waals surface area contributed by atoms with Gasteiger partial charge in [0, 0.05) is 24.9 Å². The standard InChI is InChI=1S/C32H62N4/c1-3-5-7-9-11-13-15-17-19-23-29-27-33-31(35-29)25-21-22-26-32-34-28-30(36-32)24-20-18-16-14-12-10-8-6-4-2/h29-30H,3-28H2,1-2H3,(H,33,35)(H,34,36). The van der Waals surface area contributed by atoms with Gasteiger partial charge in [-0.1, -0.05) is 129 Å². The third-order valence-corrected chi connectivity index (χ3v) is 8.14. The minimum atomic E-state index is 0.604. The lowest BCUT2D eigenvalue weighted by atomic mass is 10.0. The zero-order valence-corrected chi connectivity index (χ0v) is 24.4. The van der Waals surface area contributed by atoms with Crippen LogP contribution in [0.15, 0.2) is 9.98 Å². The number of rotatable bonds is 25. The molecule has 0 aromatic carbocycles. The number of hydrogen-bond acceptors (Lipinski definition) is 4. The molecule has 0 radical (unpaired) electrons. The Hall–Kier alpha value is -1.06. The van der Waals surface area contributed by atoms with E-state index in [1.54, 1.807) is 0 Å². The molecule has 2 rings (SSSR count). The van der Waals surface area contributed by atoms with Crippen molar-refractivity contribution in [3.63, 3.8) is 0 Å². The molecule has 0 saturated carbocycles. The fraction of sp³-hybridized carbons (Fsp3) is 0.938. The van der Waals surface area contributed by atoms with E-state index in [-0.39, 0.29) is 0 Å². The molecule has 2 unspecified atom stereocenters. The Kier molecular flexibility index (Phi) is 19.0. The molecule has 0 aromatic rings. The maximum absolute atomic E-state index is 4.79. The van der Waals surface area contributed by atoms with E-state index in [0.717, 1.165) is 25.9 Å². The molecular weight excluding hydrogens is 440 g/mol. The van der Waals surface area contributed by atoms with Crippen molar-refractivity contribution in [2.75, 3.05) is 13.1 Å². The van der Waals surface area contributed by atoms with E-state index in [0.29, 0.717) is 12.1 Å². The van der Waals surface area contributed by atoms with Crippen molar-refractivity contribution in [2.45, 2.75) is 180 Å². The van der Waals surface area contributed by atoms with Gasteiger partial charge in [-0.15, -0.1) is 0 Å². The molecule has 4 nitrogen and oxygen atoms in total. The van der Waals surface area contributed by atoms with Gasteiger partial charge >= 0.3 is 0 Å². The molecule has 2 N–H and O–H groups in total. The van der Waals surface area contributed by atoms with Crippen LogP contribution in [-0.2, 0) is 0 Å². The number of amidine groups is 2. The Balaban J connectivity index is 1.35. The lowest BCUT2D eigenvalue weighted by Crippen LogP contribution is -2.30. The molecule has 210 valence electrons. The minimum absolute atomic E-state index is 0.604. The van der Waals surface area contributed by atoms with Gasteiger partial charge in [0.05, 0.1) is 24.8 Å². The van der Waals surface area contributed by atoms with Crippen molar-refractivity contribution in [3.05, 3.63) is 0 Å². The largest absolute Gasteiger partial charge is 0.369 e. The first kappa shape index (κ1) is 31.2. The van der Waals surface area contributed by atoms with Crippen LogP contribution in [0.25, 0.3) is 0 Å². The molecule has 2 atom stereocenters. The number of aliphatic imine (C=N–C) groups is 2. The summed E-state index contributed by atoms with van der Waals surface area (Å²) >= 11 is 0. The van der Waals surface area contributed by atoms with Gasteiger partial charge in [0.2, 0.25) is 0 Å². The van der Waals surface area contributed by atoms with Gasteiger partial charge < -0.3 is 10.6 Å². The van der Waals surface area contributed by atoms with E-state index in [1.807, 2.05) is 0 Å². The summed E-state index contributed by atoms with van der Waals surface area (Å²) in [4.78, 5) is 9.58. The molecule has 36 heavy (non-hydrogen) atoms. The summed E-state index contributed by atoms with van der Waals surface area (Å²) in [6.45, 7) is 6.59. The Morgan fingerprint density at radius 2 is 0.806 bits per heavy atom. The first-order valence-corrected chi connectivity index (χ1v) is 16.4. The van der Waals surface area contributed by atoms with Gasteiger partial charge in [-0.25, -0.2) is 0 Å². The zero-order valence-electron chi connectivity index (χ0n) is 24.4. The summed E-state index contributed by atoms with van der Waals surface area (Å²) in [5, 5.41) is 7.41. The molecule has 0 amide bonds. The van der Waals surface area contributed by atoms with Crippen molar-refractivity contribution >= 4 is 11.7 Å². The maximum Gasteiger partial charge on any atom is 0.0966 e. The smallest absolute Gasteiger partial charge is 0.0966 e. The fourth-order valence-electron chi connectivity index (χ4n) is 5.71. The highest BCUT2D eigenvalue weighted by atomic mass is 15.1. The van der Waals surface area contributed by atoms with Gasteiger partial charge in [-0.2, -0.15) is 0 Å². The first-order valence-electron chi connectivity index (χ1n) is 16.4. The first-order chi connectivity index (χ1) is 17.8. The van der Waals surface area contributed by atoms with Crippen molar-refractivity contribution in [2.24, 2.45) is 9.98 Å². The highest BCUT2D eigenvalue weighted by molar-refractivity contribution is 5.85. The van der Waals surface area contributed by atoms with Crippen LogP contribution in [0.4, 0.5) is 0 Å². The Labute approximate surface area is 225 Å². The maximum atomic E-state index is 4.79. The molecule has 4 heteroatoms. The van der Waals surface area contributed by atoms with Crippen LogP contribution in [0.1, 0.15) is 168 Å². The number of hydrogen-bond donors (Lipinski definition) is 2. The van der Waals surface area contributed by atoms with Crippen LogP contribution in [0, 0.1) is 0 Å². The predicted molar refractivity (Wildman–Crippen MR) is 161 cm³/mol. The van der Waals surface area contributed by atoms with Crippen LogP contribution in [-0.4, -0.2) is 36.8 Å². The van der Waals surface area contributed by atoms with Crippen LogP contribution in [0.2, 0.25) is 0 Å². The second kappa shape index (κ2) is 22.0. The molecule has 0 spiro atoms. The van der Waals surface area contributed by atoms with Gasteiger partial charge in [-0.05, 0) is 25.7 Å². The van der Waals surface area contributed by atoms with E-state index in [1.165, 1.54) is 153 Å². The normalized spacial score (nSPS) is 19.3. The van der Waals surface area contributed by atoms with Crippen molar-refractivity contribution in [3.8, 4) is 0 Å². The molecule has 0 bridgehead atoms. The number of nitrogens with one attached hydrogen (secondary N) is 2.